The second-order valence-electron chi connectivity index (χ2n) is 6.29. The van der Waals surface area contributed by atoms with Gasteiger partial charge in [-0.15, -0.1) is 0 Å². The maximum absolute atomic E-state index is 11.8. The van der Waals surface area contributed by atoms with Crippen LogP contribution in [0.15, 0.2) is 61.1 Å². The SMILES string of the molecule is CN(C)C(=O)Cn1cc(NCc2ccccc2OCc2ccccn2)cn1. The first-order valence-electron chi connectivity index (χ1n) is 8.69. The summed E-state index contributed by atoms with van der Waals surface area (Å²) in [4.78, 5) is 17.6. The Bertz CT molecular complexity index is 877. The molecule has 0 bridgehead atoms. The first kappa shape index (κ1) is 18.4. The van der Waals surface area contributed by atoms with Gasteiger partial charge < -0.3 is 15.0 Å². The lowest BCUT2D eigenvalue weighted by molar-refractivity contribution is -0.129. The highest BCUT2D eigenvalue weighted by Gasteiger charge is 2.08. The Kier molecular flexibility index (Phi) is 6.04. The number of anilines is 1. The number of benzene rings is 1. The predicted molar refractivity (Wildman–Crippen MR) is 103 cm³/mol. The van der Waals surface area contributed by atoms with Gasteiger partial charge in [0, 0.05) is 38.6 Å². The molecule has 0 aliphatic rings. The monoisotopic (exact) mass is 365 g/mol. The van der Waals surface area contributed by atoms with E-state index in [1.54, 1.807) is 36.1 Å². The highest BCUT2D eigenvalue weighted by Crippen LogP contribution is 2.20. The molecular formula is C20H23N5O2. The van der Waals surface area contributed by atoms with Crippen LogP contribution in [0.4, 0.5) is 5.69 Å². The molecule has 3 rings (SSSR count). The minimum Gasteiger partial charge on any atom is -0.487 e. The van der Waals surface area contributed by atoms with Crippen molar-refractivity contribution >= 4 is 11.6 Å². The molecule has 0 radical (unpaired) electrons. The molecule has 0 fully saturated rings. The molecule has 0 unspecified atom stereocenters. The number of hydrogen-bond acceptors (Lipinski definition) is 5. The highest BCUT2D eigenvalue weighted by atomic mass is 16.5. The number of ether oxygens (including phenoxy) is 1. The normalized spacial score (nSPS) is 10.4. The van der Waals surface area contributed by atoms with Gasteiger partial charge in [-0.3, -0.25) is 14.5 Å². The van der Waals surface area contributed by atoms with Crippen molar-refractivity contribution in [3.05, 3.63) is 72.3 Å². The number of aromatic nitrogens is 3. The minimum absolute atomic E-state index is 0.00193. The third-order valence-corrected chi connectivity index (χ3v) is 3.99. The van der Waals surface area contributed by atoms with E-state index < -0.39 is 0 Å². The maximum Gasteiger partial charge on any atom is 0.243 e. The number of nitrogens with zero attached hydrogens (tertiary/aromatic N) is 4. The molecular weight excluding hydrogens is 342 g/mol. The van der Waals surface area contributed by atoms with Crippen LogP contribution in [0.2, 0.25) is 0 Å². The van der Waals surface area contributed by atoms with Crippen molar-refractivity contribution in [2.75, 3.05) is 19.4 Å². The molecule has 7 heteroatoms. The standard InChI is InChI=1S/C20H23N5O2/c1-24(2)20(26)14-25-13-18(12-23-25)22-11-16-7-3-4-9-19(16)27-15-17-8-5-6-10-21-17/h3-10,12-13,22H,11,14-15H2,1-2H3. The summed E-state index contributed by atoms with van der Waals surface area (Å²) in [6.45, 7) is 1.23. The summed E-state index contributed by atoms with van der Waals surface area (Å²) >= 11 is 0. The number of carbonyl (C=O) groups excluding carboxylic acids is 1. The summed E-state index contributed by atoms with van der Waals surface area (Å²) in [7, 11) is 3.46. The van der Waals surface area contributed by atoms with Gasteiger partial charge in [-0.2, -0.15) is 5.10 Å². The predicted octanol–water partition coefficient (Wildman–Crippen LogP) is 2.56. The second-order valence-corrected chi connectivity index (χ2v) is 6.29. The van der Waals surface area contributed by atoms with Gasteiger partial charge in [0.05, 0.1) is 17.6 Å². The Morgan fingerprint density at radius 1 is 1.19 bits per heavy atom. The lowest BCUT2D eigenvalue weighted by atomic mass is 10.2. The van der Waals surface area contributed by atoms with E-state index >= 15 is 0 Å². The van der Waals surface area contributed by atoms with Crippen LogP contribution >= 0.6 is 0 Å². The molecule has 0 aliphatic heterocycles. The fraction of sp³-hybridized carbons (Fsp3) is 0.250. The van der Waals surface area contributed by atoms with Crippen molar-refractivity contribution in [3.8, 4) is 5.75 Å². The molecule has 27 heavy (non-hydrogen) atoms. The molecule has 0 aliphatic carbocycles. The maximum atomic E-state index is 11.8. The van der Waals surface area contributed by atoms with Crippen molar-refractivity contribution < 1.29 is 9.53 Å². The first-order chi connectivity index (χ1) is 13.1. The van der Waals surface area contributed by atoms with Gasteiger partial charge in [-0.25, -0.2) is 0 Å². The van der Waals surface area contributed by atoms with E-state index in [1.807, 2.05) is 48.7 Å². The zero-order valence-electron chi connectivity index (χ0n) is 15.5. The molecule has 2 heterocycles. The van der Waals surface area contributed by atoms with Gasteiger partial charge in [0.25, 0.3) is 0 Å². The smallest absolute Gasteiger partial charge is 0.243 e. The number of rotatable bonds is 8. The average Bonchev–Trinajstić information content (AvgIpc) is 3.13. The summed E-state index contributed by atoms with van der Waals surface area (Å²) in [5, 5.41) is 7.53. The van der Waals surface area contributed by atoms with E-state index in [0.717, 1.165) is 22.7 Å². The molecule has 0 saturated heterocycles. The van der Waals surface area contributed by atoms with Crippen LogP contribution in [-0.2, 0) is 24.5 Å². The average molecular weight is 365 g/mol. The van der Waals surface area contributed by atoms with Crippen LogP contribution in [0, 0.1) is 0 Å². The number of carbonyl (C=O) groups is 1. The molecule has 3 aromatic rings. The van der Waals surface area contributed by atoms with E-state index in [9.17, 15) is 4.79 Å². The number of para-hydroxylation sites is 1. The molecule has 7 nitrogen and oxygen atoms in total. The van der Waals surface area contributed by atoms with Gasteiger partial charge in [0.1, 0.15) is 18.9 Å². The van der Waals surface area contributed by atoms with E-state index in [-0.39, 0.29) is 12.5 Å². The molecule has 1 aromatic carbocycles. The van der Waals surface area contributed by atoms with E-state index in [1.165, 1.54) is 0 Å². The van der Waals surface area contributed by atoms with Crippen LogP contribution in [-0.4, -0.2) is 39.7 Å². The lowest BCUT2D eigenvalue weighted by Crippen LogP contribution is -2.26. The minimum atomic E-state index is -0.00193. The molecule has 1 amide bonds. The van der Waals surface area contributed by atoms with E-state index in [4.69, 9.17) is 4.74 Å². The number of likely N-dealkylation sites (N-methyl/N-ethyl adjacent to an activating group) is 1. The van der Waals surface area contributed by atoms with Crippen LogP contribution in [0.25, 0.3) is 0 Å². The molecule has 2 aromatic heterocycles. The van der Waals surface area contributed by atoms with Gasteiger partial charge in [-0.1, -0.05) is 24.3 Å². The Labute approximate surface area is 158 Å². The number of nitrogens with one attached hydrogen (secondary N) is 1. The highest BCUT2D eigenvalue weighted by molar-refractivity contribution is 5.75. The first-order valence-corrected chi connectivity index (χ1v) is 8.69. The van der Waals surface area contributed by atoms with Crippen molar-refractivity contribution in [1.82, 2.24) is 19.7 Å². The Hall–Kier alpha value is -3.35. The third kappa shape index (κ3) is 5.31. The summed E-state index contributed by atoms with van der Waals surface area (Å²) in [5.41, 5.74) is 2.76. The van der Waals surface area contributed by atoms with Gasteiger partial charge in [0.2, 0.25) is 5.91 Å². The number of hydrogen-bond donors (Lipinski definition) is 1. The summed E-state index contributed by atoms with van der Waals surface area (Å²) in [6, 6.07) is 13.6. The van der Waals surface area contributed by atoms with Crippen LogP contribution < -0.4 is 10.1 Å². The largest absolute Gasteiger partial charge is 0.487 e. The third-order valence-electron chi connectivity index (χ3n) is 3.99. The molecule has 0 atom stereocenters. The van der Waals surface area contributed by atoms with Crippen molar-refractivity contribution in [2.45, 2.75) is 19.7 Å². The van der Waals surface area contributed by atoms with Crippen LogP contribution in [0.5, 0.6) is 5.75 Å². The summed E-state index contributed by atoms with van der Waals surface area (Å²) in [6.07, 6.45) is 5.28. The van der Waals surface area contributed by atoms with Crippen LogP contribution in [0.3, 0.4) is 0 Å². The molecule has 0 spiro atoms. The van der Waals surface area contributed by atoms with Crippen LogP contribution in [0.1, 0.15) is 11.3 Å². The number of pyridine rings is 1. The van der Waals surface area contributed by atoms with E-state index in [0.29, 0.717) is 13.2 Å². The fourth-order valence-corrected chi connectivity index (χ4v) is 2.44. The second kappa shape index (κ2) is 8.84. The quantitative estimate of drug-likeness (QED) is 0.664. The summed E-state index contributed by atoms with van der Waals surface area (Å²) < 4.78 is 7.54. The zero-order valence-corrected chi connectivity index (χ0v) is 15.5. The summed E-state index contributed by atoms with van der Waals surface area (Å²) in [5.74, 6) is 0.809. The van der Waals surface area contributed by atoms with Gasteiger partial charge in [-0.05, 0) is 18.2 Å². The van der Waals surface area contributed by atoms with E-state index in [2.05, 4.69) is 15.4 Å². The lowest BCUT2D eigenvalue weighted by Gasteiger charge is -2.12. The molecule has 140 valence electrons. The Balaban J connectivity index is 1.58. The Morgan fingerprint density at radius 2 is 2.00 bits per heavy atom. The molecule has 1 N–H and O–H groups in total. The van der Waals surface area contributed by atoms with Crippen molar-refractivity contribution in [2.24, 2.45) is 0 Å². The molecule has 0 saturated carbocycles. The van der Waals surface area contributed by atoms with Crippen molar-refractivity contribution in [1.29, 1.82) is 0 Å². The topological polar surface area (TPSA) is 72.3 Å². The zero-order chi connectivity index (χ0) is 19.1. The van der Waals surface area contributed by atoms with Gasteiger partial charge >= 0.3 is 0 Å². The van der Waals surface area contributed by atoms with Crippen molar-refractivity contribution in [3.63, 3.8) is 0 Å². The Morgan fingerprint density at radius 3 is 2.78 bits per heavy atom. The van der Waals surface area contributed by atoms with Gasteiger partial charge in [0.15, 0.2) is 0 Å². The number of amides is 1. The fourth-order valence-electron chi connectivity index (χ4n) is 2.44.